The van der Waals surface area contributed by atoms with Crippen molar-refractivity contribution in [3.63, 3.8) is 0 Å². The summed E-state index contributed by atoms with van der Waals surface area (Å²) in [6, 6.07) is 10.5. The number of phenolic OH excluding ortho intramolecular Hbond substituents is 1. The lowest BCUT2D eigenvalue weighted by Crippen LogP contribution is -2.27. The van der Waals surface area contributed by atoms with Gasteiger partial charge in [0.1, 0.15) is 5.75 Å². The third-order valence-corrected chi connectivity index (χ3v) is 5.45. The number of halogens is 2. The van der Waals surface area contributed by atoms with E-state index in [9.17, 15) is 9.90 Å². The number of aromatic hydroxyl groups is 1. The van der Waals surface area contributed by atoms with Crippen LogP contribution in [0.5, 0.6) is 5.75 Å². The quantitative estimate of drug-likeness (QED) is 0.667. The van der Waals surface area contributed by atoms with E-state index in [1.807, 2.05) is 6.07 Å². The Kier molecular flexibility index (Phi) is 5.29. The van der Waals surface area contributed by atoms with Gasteiger partial charge in [-0.3, -0.25) is 4.79 Å². The van der Waals surface area contributed by atoms with Crippen LogP contribution in [-0.4, -0.2) is 17.6 Å². The lowest BCUT2D eigenvalue weighted by molar-refractivity contribution is -0.120. The first-order chi connectivity index (χ1) is 11.5. The van der Waals surface area contributed by atoms with E-state index in [2.05, 4.69) is 10.7 Å². The van der Waals surface area contributed by atoms with Crippen molar-refractivity contribution in [3.8, 4) is 5.75 Å². The van der Waals surface area contributed by atoms with Crippen LogP contribution in [-0.2, 0) is 17.6 Å². The molecule has 1 heterocycles. The monoisotopic (exact) mass is 379 g/mol. The zero-order valence-electron chi connectivity index (χ0n) is 12.7. The molecule has 0 radical (unpaired) electrons. The topological polar surface area (TPSA) is 49.3 Å². The summed E-state index contributed by atoms with van der Waals surface area (Å²) in [4.78, 5) is 12.0. The fraction of sp³-hybridized carbons (Fsp3) is 0.167. The minimum absolute atomic E-state index is 0.0595. The molecule has 1 aromatic heterocycles. The number of rotatable bonds is 5. The summed E-state index contributed by atoms with van der Waals surface area (Å²) < 4.78 is 1.13. The molecule has 1 amide bonds. The van der Waals surface area contributed by atoms with Gasteiger partial charge in [0.2, 0.25) is 5.91 Å². The molecule has 3 aromatic rings. The maximum atomic E-state index is 12.0. The molecule has 0 saturated heterocycles. The smallest absolute Gasteiger partial charge is 0.224 e. The van der Waals surface area contributed by atoms with Gasteiger partial charge in [0.15, 0.2) is 0 Å². The molecule has 0 bridgehead atoms. The summed E-state index contributed by atoms with van der Waals surface area (Å²) >= 11 is 13.5. The Labute approximate surface area is 153 Å². The zero-order chi connectivity index (χ0) is 17.1. The average molecular weight is 380 g/mol. The van der Waals surface area contributed by atoms with Crippen LogP contribution in [0.15, 0.2) is 41.8 Å². The third-order valence-electron chi connectivity index (χ3n) is 3.70. The van der Waals surface area contributed by atoms with E-state index >= 15 is 0 Å². The van der Waals surface area contributed by atoms with Crippen molar-refractivity contribution in [2.45, 2.75) is 12.8 Å². The molecular weight excluding hydrogens is 365 g/mol. The van der Waals surface area contributed by atoms with Crippen LogP contribution in [0.4, 0.5) is 0 Å². The first-order valence-corrected chi connectivity index (χ1v) is 9.06. The molecule has 0 spiro atoms. The average Bonchev–Trinajstić information content (AvgIpc) is 2.93. The summed E-state index contributed by atoms with van der Waals surface area (Å²) in [7, 11) is 0. The van der Waals surface area contributed by atoms with Crippen LogP contribution in [0.3, 0.4) is 0 Å². The molecule has 0 aliphatic carbocycles. The number of nitrogens with one attached hydrogen (secondary N) is 1. The molecule has 0 unspecified atom stereocenters. The molecule has 0 aliphatic rings. The van der Waals surface area contributed by atoms with Gasteiger partial charge in [-0.2, -0.15) is 0 Å². The molecule has 0 atom stereocenters. The van der Waals surface area contributed by atoms with Crippen molar-refractivity contribution in [1.29, 1.82) is 0 Å². The van der Waals surface area contributed by atoms with Gasteiger partial charge < -0.3 is 10.4 Å². The predicted molar refractivity (Wildman–Crippen MR) is 100 cm³/mol. The molecule has 124 valence electrons. The second-order valence-electron chi connectivity index (χ2n) is 5.47. The molecular formula is C18H15Cl2NO2S. The highest BCUT2D eigenvalue weighted by Gasteiger charge is 2.08. The SMILES string of the molecule is O=C(Cc1ccc(Cl)c(Cl)c1)NCCc1csc2ccc(O)cc12. The van der Waals surface area contributed by atoms with Gasteiger partial charge in [0, 0.05) is 11.2 Å². The van der Waals surface area contributed by atoms with E-state index in [0.717, 1.165) is 27.6 Å². The van der Waals surface area contributed by atoms with Crippen LogP contribution in [0.25, 0.3) is 10.1 Å². The van der Waals surface area contributed by atoms with E-state index in [4.69, 9.17) is 23.2 Å². The van der Waals surface area contributed by atoms with Gasteiger partial charge in [0.25, 0.3) is 0 Å². The fourth-order valence-electron chi connectivity index (χ4n) is 2.50. The zero-order valence-corrected chi connectivity index (χ0v) is 15.0. The molecule has 2 aromatic carbocycles. The highest BCUT2D eigenvalue weighted by Crippen LogP contribution is 2.29. The Bertz CT molecular complexity index is 892. The maximum absolute atomic E-state index is 12.0. The predicted octanol–water partition coefficient (Wildman–Crippen LogP) is 4.82. The Morgan fingerprint density at radius 2 is 1.96 bits per heavy atom. The van der Waals surface area contributed by atoms with Gasteiger partial charge in [-0.05, 0) is 58.6 Å². The molecule has 3 nitrogen and oxygen atoms in total. The standard InChI is InChI=1S/C18H15Cl2NO2S/c19-15-3-1-11(7-16(15)20)8-18(23)21-6-5-12-10-24-17-4-2-13(22)9-14(12)17/h1-4,7,9-10,22H,5-6,8H2,(H,21,23). The summed E-state index contributed by atoms with van der Waals surface area (Å²) in [5.41, 5.74) is 1.95. The van der Waals surface area contributed by atoms with Gasteiger partial charge in [-0.15, -0.1) is 11.3 Å². The van der Waals surface area contributed by atoms with Crippen molar-refractivity contribution in [2.24, 2.45) is 0 Å². The van der Waals surface area contributed by atoms with E-state index in [-0.39, 0.29) is 18.1 Å². The number of hydrogen-bond donors (Lipinski definition) is 2. The van der Waals surface area contributed by atoms with Crippen molar-refractivity contribution >= 4 is 50.5 Å². The number of amides is 1. The van der Waals surface area contributed by atoms with Crippen LogP contribution >= 0.6 is 34.5 Å². The summed E-state index contributed by atoms with van der Waals surface area (Å²) in [6.07, 6.45) is 0.985. The Hall–Kier alpha value is -1.75. The van der Waals surface area contributed by atoms with Crippen LogP contribution in [0, 0.1) is 0 Å². The number of phenols is 1. The van der Waals surface area contributed by atoms with Crippen LogP contribution in [0.1, 0.15) is 11.1 Å². The number of thiophene rings is 1. The van der Waals surface area contributed by atoms with E-state index in [0.29, 0.717) is 16.6 Å². The minimum Gasteiger partial charge on any atom is -0.508 e. The number of hydrogen-bond acceptors (Lipinski definition) is 3. The number of benzene rings is 2. The summed E-state index contributed by atoms with van der Waals surface area (Å²) in [5, 5.41) is 16.6. The Balaban J connectivity index is 1.56. The van der Waals surface area contributed by atoms with Crippen molar-refractivity contribution in [2.75, 3.05) is 6.54 Å². The van der Waals surface area contributed by atoms with Crippen molar-refractivity contribution < 1.29 is 9.90 Å². The number of carbonyl (C=O) groups excluding carboxylic acids is 1. The first kappa shape index (κ1) is 17.1. The first-order valence-electron chi connectivity index (χ1n) is 7.42. The Morgan fingerprint density at radius 1 is 1.12 bits per heavy atom. The van der Waals surface area contributed by atoms with Crippen molar-refractivity contribution in [3.05, 3.63) is 63.0 Å². The normalized spacial score (nSPS) is 10.9. The van der Waals surface area contributed by atoms with Crippen LogP contribution < -0.4 is 5.32 Å². The molecule has 2 N–H and O–H groups in total. The van der Waals surface area contributed by atoms with Gasteiger partial charge in [-0.1, -0.05) is 29.3 Å². The third kappa shape index (κ3) is 4.01. The Morgan fingerprint density at radius 3 is 2.75 bits per heavy atom. The molecule has 6 heteroatoms. The molecule has 3 rings (SSSR count). The van der Waals surface area contributed by atoms with E-state index in [1.54, 1.807) is 41.7 Å². The largest absolute Gasteiger partial charge is 0.508 e. The molecule has 0 fully saturated rings. The highest BCUT2D eigenvalue weighted by molar-refractivity contribution is 7.17. The minimum atomic E-state index is -0.0595. The molecule has 24 heavy (non-hydrogen) atoms. The highest BCUT2D eigenvalue weighted by atomic mass is 35.5. The summed E-state index contributed by atoms with van der Waals surface area (Å²) in [5.74, 6) is 0.196. The van der Waals surface area contributed by atoms with E-state index < -0.39 is 0 Å². The molecule has 0 saturated carbocycles. The molecule has 0 aliphatic heterocycles. The summed E-state index contributed by atoms with van der Waals surface area (Å²) in [6.45, 7) is 0.543. The number of carbonyl (C=O) groups is 1. The fourth-order valence-corrected chi connectivity index (χ4v) is 3.80. The van der Waals surface area contributed by atoms with Crippen LogP contribution in [0.2, 0.25) is 10.0 Å². The lowest BCUT2D eigenvalue weighted by atomic mass is 10.1. The number of fused-ring (bicyclic) bond motifs is 1. The lowest BCUT2D eigenvalue weighted by Gasteiger charge is -2.06. The van der Waals surface area contributed by atoms with Gasteiger partial charge in [0.05, 0.1) is 16.5 Å². The van der Waals surface area contributed by atoms with E-state index in [1.165, 1.54) is 0 Å². The van der Waals surface area contributed by atoms with Crippen molar-refractivity contribution in [1.82, 2.24) is 5.32 Å². The maximum Gasteiger partial charge on any atom is 0.224 e. The van der Waals surface area contributed by atoms with Gasteiger partial charge in [-0.25, -0.2) is 0 Å². The van der Waals surface area contributed by atoms with Gasteiger partial charge >= 0.3 is 0 Å². The second kappa shape index (κ2) is 7.43. The second-order valence-corrected chi connectivity index (χ2v) is 7.19.